The van der Waals surface area contributed by atoms with Crippen molar-refractivity contribution in [2.75, 3.05) is 20.2 Å². The summed E-state index contributed by atoms with van der Waals surface area (Å²) in [5.41, 5.74) is 9.41. The van der Waals surface area contributed by atoms with Gasteiger partial charge >= 0.3 is 6.09 Å². The van der Waals surface area contributed by atoms with Crippen LogP contribution >= 0.6 is 0 Å². The number of nitrogens with two attached hydrogens (primary N) is 1. The van der Waals surface area contributed by atoms with Crippen molar-refractivity contribution in [2.24, 2.45) is 16.6 Å². The maximum absolute atomic E-state index is 13.8. The highest BCUT2D eigenvalue weighted by Crippen LogP contribution is 2.34. The first kappa shape index (κ1) is 36.3. The third-order valence-electron chi connectivity index (χ3n) is 9.03. The summed E-state index contributed by atoms with van der Waals surface area (Å²) in [4.78, 5) is 40.5. The Morgan fingerprint density at radius 3 is 2.60 bits per heavy atom. The number of ether oxygens (including phenoxy) is 1. The molecule has 2 aliphatic heterocycles. The Hall–Kier alpha value is -4.54. The number of carbonyl (C=O) groups is 2. The summed E-state index contributed by atoms with van der Waals surface area (Å²) in [6, 6.07) is 7.42. The van der Waals surface area contributed by atoms with Gasteiger partial charge in [-0.2, -0.15) is 0 Å². The lowest BCUT2D eigenvalue weighted by Gasteiger charge is -2.32. The lowest BCUT2D eigenvalue weighted by atomic mass is 9.82. The number of methoxy groups -OCH3 is 1. The van der Waals surface area contributed by atoms with Gasteiger partial charge in [0.2, 0.25) is 5.91 Å². The molecule has 2 aliphatic rings. The second-order valence-corrected chi connectivity index (χ2v) is 14.0. The Balaban J connectivity index is 1.72. The summed E-state index contributed by atoms with van der Waals surface area (Å²) in [5, 5.41) is 6.13. The third-order valence-corrected chi connectivity index (χ3v) is 9.03. The number of hydrogen-bond donors (Lipinski definition) is 4. The van der Waals surface area contributed by atoms with Crippen molar-refractivity contribution in [3.05, 3.63) is 59.2 Å². The lowest BCUT2D eigenvalue weighted by molar-refractivity contribution is -0.134. The second-order valence-electron chi connectivity index (χ2n) is 14.0. The number of aromatic nitrogens is 2. The van der Waals surface area contributed by atoms with Crippen LogP contribution in [0.25, 0.3) is 5.57 Å². The lowest BCUT2D eigenvalue weighted by Crippen LogP contribution is -2.55. The fraction of sp³-hybridized carbons (Fsp3) is 0.526. The van der Waals surface area contributed by atoms with E-state index in [0.717, 1.165) is 42.8 Å². The van der Waals surface area contributed by atoms with Crippen molar-refractivity contribution in [3.8, 4) is 23.7 Å². The Morgan fingerprint density at radius 2 is 1.96 bits per heavy atom. The molecule has 2 amide bonds. The molecule has 3 heterocycles. The number of rotatable bonds is 8. The zero-order valence-corrected chi connectivity index (χ0v) is 29.7. The Kier molecular flexibility index (Phi) is 11.8. The molecular weight excluding hydrogens is 602 g/mol. The summed E-state index contributed by atoms with van der Waals surface area (Å²) < 4.78 is 4.78. The molecule has 4 atom stereocenters. The molecule has 2 aromatic rings. The van der Waals surface area contributed by atoms with Gasteiger partial charge in [-0.1, -0.05) is 70.9 Å². The molecule has 256 valence electrons. The molecule has 2 fully saturated rings. The van der Waals surface area contributed by atoms with Gasteiger partial charge < -0.3 is 31.0 Å². The van der Waals surface area contributed by atoms with Gasteiger partial charge in [-0.05, 0) is 91.9 Å². The number of likely N-dealkylation sites (tertiary alicyclic amines) is 1. The van der Waals surface area contributed by atoms with Gasteiger partial charge in [-0.25, -0.2) is 14.8 Å². The molecule has 2 saturated heterocycles. The van der Waals surface area contributed by atoms with Gasteiger partial charge in [0.15, 0.2) is 0 Å². The van der Waals surface area contributed by atoms with Crippen molar-refractivity contribution in [1.82, 2.24) is 25.5 Å². The van der Waals surface area contributed by atoms with Gasteiger partial charge in [0.25, 0.3) is 0 Å². The number of alkyl carbamates (subject to hydrolysis) is 1. The quantitative estimate of drug-likeness (QED) is 0.178. The number of carbonyl (C=O) groups excluding carboxylic acids is 2. The molecule has 0 radical (unpaired) electrons. The average Bonchev–Trinajstić information content (AvgIpc) is 3.84. The van der Waals surface area contributed by atoms with Crippen LogP contribution in [0.3, 0.4) is 0 Å². The van der Waals surface area contributed by atoms with Crippen molar-refractivity contribution in [1.29, 1.82) is 0 Å². The monoisotopic (exact) mass is 653 g/mol. The van der Waals surface area contributed by atoms with E-state index in [-0.39, 0.29) is 23.3 Å². The van der Waals surface area contributed by atoms with E-state index < -0.39 is 23.7 Å². The van der Waals surface area contributed by atoms with E-state index in [1.807, 2.05) is 39.8 Å². The zero-order chi connectivity index (χ0) is 35.1. The van der Waals surface area contributed by atoms with Crippen molar-refractivity contribution in [2.45, 2.75) is 103 Å². The van der Waals surface area contributed by atoms with E-state index in [0.29, 0.717) is 24.5 Å². The summed E-state index contributed by atoms with van der Waals surface area (Å²) in [6.07, 6.45) is 6.68. The predicted molar refractivity (Wildman–Crippen MR) is 191 cm³/mol. The molecule has 0 spiro atoms. The van der Waals surface area contributed by atoms with E-state index in [9.17, 15) is 9.59 Å². The number of nitrogens with zero attached hydrogens (tertiary/aromatic N) is 3. The van der Waals surface area contributed by atoms with Gasteiger partial charge in [0.05, 0.1) is 25.4 Å². The topological polar surface area (TPSA) is 138 Å². The molecule has 10 heteroatoms. The van der Waals surface area contributed by atoms with Crippen LogP contribution in [-0.4, -0.2) is 70.5 Å². The first-order chi connectivity index (χ1) is 22.8. The highest BCUT2D eigenvalue weighted by atomic mass is 16.5. The number of allylic oxidation sites excluding steroid dienone is 1. The molecule has 1 unspecified atom stereocenters. The Morgan fingerprint density at radius 1 is 1.19 bits per heavy atom. The van der Waals surface area contributed by atoms with Crippen LogP contribution in [0.1, 0.15) is 103 Å². The molecule has 0 aliphatic carbocycles. The van der Waals surface area contributed by atoms with Crippen LogP contribution in [0.4, 0.5) is 4.79 Å². The average molecular weight is 654 g/mol. The number of amidine groups is 1. The van der Waals surface area contributed by atoms with Crippen LogP contribution in [-0.2, 0) is 14.9 Å². The van der Waals surface area contributed by atoms with Crippen molar-refractivity contribution in [3.63, 3.8) is 0 Å². The summed E-state index contributed by atoms with van der Waals surface area (Å²) in [7, 11) is 1.28. The molecule has 1 aromatic carbocycles. The predicted octanol–water partition coefficient (Wildman–Crippen LogP) is 5.08. The van der Waals surface area contributed by atoms with Crippen LogP contribution < -0.4 is 16.4 Å². The van der Waals surface area contributed by atoms with E-state index >= 15 is 0 Å². The number of aliphatic imine (C=N–C) groups is 1. The van der Waals surface area contributed by atoms with Crippen LogP contribution in [0.15, 0.2) is 41.5 Å². The molecule has 5 N–H and O–H groups in total. The Labute approximate surface area is 285 Å². The summed E-state index contributed by atoms with van der Waals surface area (Å²) >= 11 is 0. The number of H-pyrrole nitrogens is 1. The van der Waals surface area contributed by atoms with E-state index in [1.54, 1.807) is 11.1 Å². The standard InChI is InChI=1S/C38H51N7O3/c1-9-29(26-15-12-16-27(23-26)37(4,5)6)38(7,20-11-10-17-28-24-41-34(42-28)30-18-13-21-40-30)44-33(39)31-19-14-22-45(31)35(46)32(25(2)3)43-36(47)48-8/h9,12,15-16,23-25,30-32,40H,13-14,18-19,21-22H2,1-8H3,(H2,39,44)(H,41,42)(H,43,47)/b29-9-/t30-,31-,32-,38?/m0/s1. The van der Waals surface area contributed by atoms with Crippen molar-refractivity contribution >= 4 is 23.4 Å². The molecule has 10 nitrogen and oxygen atoms in total. The molecule has 0 saturated carbocycles. The maximum Gasteiger partial charge on any atom is 0.407 e. The van der Waals surface area contributed by atoms with Gasteiger partial charge in [0.1, 0.15) is 28.9 Å². The number of amides is 2. The van der Waals surface area contributed by atoms with Crippen molar-refractivity contribution < 1.29 is 14.3 Å². The normalized spacial score (nSPS) is 20.3. The second kappa shape index (κ2) is 15.6. The van der Waals surface area contributed by atoms with E-state index in [2.05, 4.69) is 83.3 Å². The zero-order valence-electron chi connectivity index (χ0n) is 29.7. The fourth-order valence-corrected chi connectivity index (χ4v) is 6.33. The van der Waals surface area contributed by atoms with Gasteiger partial charge in [-0.3, -0.25) is 4.79 Å². The molecule has 48 heavy (non-hydrogen) atoms. The van der Waals surface area contributed by atoms with Crippen LogP contribution in [0, 0.1) is 29.6 Å². The first-order valence-corrected chi connectivity index (χ1v) is 16.9. The van der Waals surface area contributed by atoms with Gasteiger partial charge in [0, 0.05) is 6.54 Å². The number of imidazole rings is 1. The van der Waals surface area contributed by atoms with E-state index in [4.69, 9.17) is 15.5 Å². The van der Waals surface area contributed by atoms with Crippen LogP contribution in [0.5, 0.6) is 0 Å². The maximum atomic E-state index is 13.8. The molecule has 1 aromatic heterocycles. The number of aromatic amines is 1. The number of nitrogens with one attached hydrogen (secondary N) is 3. The molecule has 0 bridgehead atoms. The highest BCUT2D eigenvalue weighted by molar-refractivity contribution is 5.95. The number of hydrogen-bond acceptors (Lipinski definition) is 6. The van der Waals surface area contributed by atoms with E-state index in [1.165, 1.54) is 12.7 Å². The minimum Gasteiger partial charge on any atom is -0.453 e. The Bertz CT molecular complexity index is 1650. The first-order valence-electron chi connectivity index (χ1n) is 16.9. The molecule has 4 rings (SSSR count). The minimum absolute atomic E-state index is 0.0580. The summed E-state index contributed by atoms with van der Waals surface area (Å²) in [6.45, 7) is 15.7. The van der Waals surface area contributed by atoms with Crippen LogP contribution in [0.2, 0.25) is 0 Å². The smallest absolute Gasteiger partial charge is 0.407 e. The summed E-state index contributed by atoms with van der Waals surface area (Å²) in [5.74, 6) is 13.3. The third kappa shape index (κ3) is 8.67. The largest absolute Gasteiger partial charge is 0.453 e. The fourth-order valence-electron chi connectivity index (χ4n) is 6.33. The van der Waals surface area contributed by atoms with Gasteiger partial charge in [-0.15, -0.1) is 0 Å². The SMILES string of the molecule is C/C=C(/c1cccc(C(C)(C)C)c1)C(C)(C#CC#Cc1cnc([C@@H]2CCCN2)[nH]1)N=C(N)[C@@H]1CCCN1C(=O)[C@@H](NC(=O)OC)C(C)C. The highest BCUT2D eigenvalue weighted by Gasteiger charge is 2.38. The molecular formula is C38H51N7O3. The minimum atomic E-state index is -1.09. The number of benzene rings is 1.